The zero-order valence-electron chi connectivity index (χ0n) is 9.20. The fourth-order valence-corrected chi connectivity index (χ4v) is 2.35. The molecule has 94 valence electrons. The third-order valence-electron chi connectivity index (χ3n) is 2.50. The van der Waals surface area contributed by atoms with E-state index in [0.29, 0.717) is 10.0 Å². The van der Waals surface area contributed by atoms with Crippen LogP contribution in [0.15, 0.2) is 41.1 Å². The van der Waals surface area contributed by atoms with Crippen molar-refractivity contribution >= 4 is 39.1 Å². The Morgan fingerprint density at radius 2 is 1.89 bits per heavy atom. The monoisotopic (exact) mass is 345 g/mol. The summed E-state index contributed by atoms with van der Waals surface area (Å²) in [5.74, 6) is 5.61. The van der Waals surface area contributed by atoms with Crippen LogP contribution in [0.4, 0.5) is 0 Å². The molecule has 6 heteroatoms. The molecule has 0 aliphatic rings. The van der Waals surface area contributed by atoms with Gasteiger partial charge in [0, 0.05) is 16.9 Å². The van der Waals surface area contributed by atoms with Crippen LogP contribution in [-0.2, 0) is 0 Å². The second-order valence-electron chi connectivity index (χ2n) is 3.71. The van der Waals surface area contributed by atoms with Gasteiger partial charge in [0.25, 0.3) is 0 Å². The van der Waals surface area contributed by atoms with Crippen molar-refractivity contribution in [3.63, 3.8) is 0 Å². The third-order valence-corrected chi connectivity index (χ3v) is 3.68. The summed E-state index contributed by atoms with van der Waals surface area (Å²) >= 11 is 15.3. The van der Waals surface area contributed by atoms with Crippen molar-refractivity contribution in [2.75, 3.05) is 0 Å². The first-order valence-corrected chi connectivity index (χ1v) is 6.68. The Kier molecular flexibility index (Phi) is 4.59. The summed E-state index contributed by atoms with van der Waals surface area (Å²) < 4.78 is 0.889. The zero-order chi connectivity index (χ0) is 13.1. The van der Waals surface area contributed by atoms with Crippen LogP contribution in [0, 0.1) is 0 Å². The molecular formula is C12H10BrCl2N3. The predicted molar refractivity (Wildman–Crippen MR) is 77.6 cm³/mol. The predicted octanol–water partition coefficient (Wildman–Crippen LogP) is 3.70. The lowest BCUT2D eigenvalue weighted by molar-refractivity contribution is 0.634. The second-order valence-corrected chi connectivity index (χ2v) is 5.44. The van der Waals surface area contributed by atoms with Crippen LogP contribution in [0.5, 0.6) is 0 Å². The minimum Gasteiger partial charge on any atom is -0.271 e. The van der Waals surface area contributed by atoms with Gasteiger partial charge < -0.3 is 0 Å². The number of aromatic nitrogens is 1. The Morgan fingerprint density at radius 3 is 2.50 bits per heavy atom. The molecule has 2 aromatic rings. The SMILES string of the molecule is NNC(c1cncc(Br)c1)c1ccc(Cl)c(Cl)c1. The molecule has 1 aromatic carbocycles. The van der Waals surface area contributed by atoms with E-state index in [1.807, 2.05) is 12.1 Å². The van der Waals surface area contributed by atoms with Crippen LogP contribution in [-0.4, -0.2) is 4.98 Å². The van der Waals surface area contributed by atoms with Gasteiger partial charge in [-0.25, -0.2) is 5.43 Å². The van der Waals surface area contributed by atoms with E-state index in [1.54, 1.807) is 24.5 Å². The highest BCUT2D eigenvalue weighted by Crippen LogP contribution is 2.29. The highest BCUT2D eigenvalue weighted by atomic mass is 79.9. The highest BCUT2D eigenvalue weighted by molar-refractivity contribution is 9.10. The van der Waals surface area contributed by atoms with E-state index >= 15 is 0 Å². The second kappa shape index (κ2) is 5.99. The lowest BCUT2D eigenvalue weighted by Crippen LogP contribution is -2.28. The summed E-state index contributed by atoms with van der Waals surface area (Å²) in [6.07, 6.45) is 3.46. The first-order valence-electron chi connectivity index (χ1n) is 5.13. The largest absolute Gasteiger partial charge is 0.271 e. The molecule has 2 rings (SSSR count). The number of hydrogen-bond acceptors (Lipinski definition) is 3. The summed E-state index contributed by atoms with van der Waals surface area (Å²) in [5.41, 5.74) is 4.60. The third kappa shape index (κ3) is 3.02. The molecular weight excluding hydrogens is 337 g/mol. The summed E-state index contributed by atoms with van der Waals surface area (Å²) in [5, 5.41) is 1.01. The van der Waals surface area contributed by atoms with Crippen LogP contribution in [0.3, 0.4) is 0 Å². The minimum atomic E-state index is -0.190. The number of halogens is 3. The first kappa shape index (κ1) is 13.8. The van der Waals surface area contributed by atoms with Gasteiger partial charge in [0.05, 0.1) is 16.1 Å². The fraction of sp³-hybridized carbons (Fsp3) is 0.0833. The van der Waals surface area contributed by atoms with Crippen molar-refractivity contribution in [3.8, 4) is 0 Å². The lowest BCUT2D eigenvalue weighted by atomic mass is 10.0. The average Bonchev–Trinajstić information content (AvgIpc) is 2.35. The average molecular weight is 347 g/mol. The molecule has 0 aliphatic carbocycles. The smallest absolute Gasteiger partial charge is 0.0725 e. The number of nitrogens with two attached hydrogens (primary N) is 1. The Balaban J connectivity index is 2.42. The highest BCUT2D eigenvalue weighted by Gasteiger charge is 2.14. The molecule has 0 bridgehead atoms. The standard InChI is InChI=1S/C12H10BrCl2N3/c13-9-3-8(5-17-6-9)12(18-16)7-1-2-10(14)11(15)4-7/h1-6,12,18H,16H2. The molecule has 1 heterocycles. The zero-order valence-corrected chi connectivity index (χ0v) is 12.3. The maximum Gasteiger partial charge on any atom is 0.0725 e. The molecule has 0 saturated heterocycles. The summed E-state index contributed by atoms with van der Waals surface area (Å²) in [6.45, 7) is 0. The van der Waals surface area contributed by atoms with Crippen LogP contribution < -0.4 is 11.3 Å². The molecule has 0 spiro atoms. The van der Waals surface area contributed by atoms with E-state index in [0.717, 1.165) is 15.6 Å². The van der Waals surface area contributed by atoms with Gasteiger partial charge in [-0.15, -0.1) is 0 Å². The molecule has 0 radical (unpaired) electrons. The molecule has 0 amide bonds. The lowest BCUT2D eigenvalue weighted by Gasteiger charge is -2.17. The van der Waals surface area contributed by atoms with E-state index in [-0.39, 0.29) is 6.04 Å². The van der Waals surface area contributed by atoms with Gasteiger partial charge in [-0.05, 0) is 45.3 Å². The van der Waals surface area contributed by atoms with Gasteiger partial charge in [-0.2, -0.15) is 0 Å². The molecule has 1 atom stereocenters. The number of nitrogens with zero attached hydrogens (tertiary/aromatic N) is 1. The molecule has 1 aromatic heterocycles. The van der Waals surface area contributed by atoms with Gasteiger partial charge in [0.15, 0.2) is 0 Å². The summed E-state index contributed by atoms with van der Waals surface area (Å²) in [7, 11) is 0. The van der Waals surface area contributed by atoms with Crippen molar-refractivity contribution < 1.29 is 0 Å². The fourth-order valence-electron chi connectivity index (χ4n) is 1.66. The van der Waals surface area contributed by atoms with Crippen molar-refractivity contribution in [1.82, 2.24) is 10.4 Å². The van der Waals surface area contributed by atoms with Gasteiger partial charge in [0.2, 0.25) is 0 Å². The van der Waals surface area contributed by atoms with Gasteiger partial charge in [-0.1, -0.05) is 29.3 Å². The Morgan fingerprint density at radius 1 is 1.11 bits per heavy atom. The maximum absolute atomic E-state index is 6.01. The quantitative estimate of drug-likeness (QED) is 0.658. The Hall–Kier alpha value is -0.650. The van der Waals surface area contributed by atoms with Crippen molar-refractivity contribution in [1.29, 1.82) is 0 Å². The molecule has 3 N–H and O–H groups in total. The van der Waals surface area contributed by atoms with Crippen LogP contribution in [0.2, 0.25) is 10.0 Å². The minimum absolute atomic E-state index is 0.190. The molecule has 3 nitrogen and oxygen atoms in total. The number of hydrazine groups is 1. The van der Waals surface area contributed by atoms with Crippen molar-refractivity contribution in [2.24, 2.45) is 5.84 Å². The van der Waals surface area contributed by atoms with Gasteiger partial charge in [0.1, 0.15) is 0 Å². The number of rotatable bonds is 3. The van der Waals surface area contributed by atoms with E-state index in [1.165, 1.54) is 0 Å². The van der Waals surface area contributed by atoms with Crippen LogP contribution in [0.1, 0.15) is 17.2 Å². The topological polar surface area (TPSA) is 50.9 Å². The van der Waals surface area contributed by atoms with Crippen LogP contribution >= 0.6 is 39.1 Å². The maximum atomic E-state index is 6.01. The number of benzene rings is 1. The van der Waals surface area contributed by atoms with Gasteiger partial charge >= 0.3 is 0 Å². The Labute approximate surface area is 123 Å². The normalized spacial score (nSPS) is 12.4. The molecule has 18 heavy (non-hydrogen) atoms. The number of nitrogens with one attached hydrogen (secondary N) is 1. The Bertz CT molecular complexity index is 563. The van der Waals surface area contributed by atoms with Gasteiger partial charge in [-0.3, -0.25) is 10.8 Å². The molecule has 0 fully saturated rings. The number of pyridine rings is 1. The number of hydrogen-bond donors (Lipinski definition) is 2. The van der Waals surface area contributed by atoms with Crippen molar-refractivity contribution in [3.05, 3.63) is 62.3 Å². The van der Waals surface area contributed by atoms with E-state index in [9.17, 15) is 0 Å². The molecule has 0 aliphatic heterocycles. The molecule has 0 saturated carbocycles. The summed E-state index contributed by atoms with van der Waals surface area (Å²) in [4.78, 5) is 4.12. The van der Waals surface area contributed by atoms with E-state index < -0.39 is 0 Å². The molecule has 1 unspecified atom stereocenters. The van der Waals surface area contributed by atoms with E-state index in [2.05, 4.69) is 26.3 Å². The summed E-state index contributed by atoms with van der Waals surface area (Å²) in [6, 6.07) is 7.16. The van der Waals surface area contributed by atoms with Crippen LogP contribution in [0.25, 0.3) is 0 Å². The van der Waals surface area contributed by atoms with Crippen molar-refractivity contribution in [2.45, 2.75) is 6.04 Å². The van der Waals surface area contributed by atoms with E-state index in [4.69, 9.17) is 29.0 Å². The first-order chi connectivity index (χ1) is 8.61.